The molecule has 0 saturated heterocycles. The summed E-state index contributed by atoms with van der Waals surface area (Å²) in [6.45, 7) is 3.82. The lowest BCUT2D eigenvalue weighted by Gasteiger charge is -2.17. The maximum atomic E-state index is 12.1. The molecule has 0 saturated carbocycles. The molecule has 0 amide bonds. The number of hydrogen-bond donors (Lipinski definition) is 0. The molecular weight excluding hydrogens is 323 g/mol. The Balaban J connectivity index is 2.90. The topological polar surface area (TPSA) is 61.8 Å². The molecule has 0 aliphatic heterocycles. The zero-order valence-corrected chi connectivity index (χ0v) is 12.6. The molecule has 0 heterocycles. The highest BCUT2D eigenvalue weighted by Crippen LogP contribution is 2.49. The predicted molar refractivity (Wildman–Crippen MR) is 71.0 cm³/mol. The van der Waals surface area contributed by atoms with E-state index in [1.165, 1.54) is 12.1 Å². The summed E-state index contributed by atoms with van der Waals surface area (Å²) in [7, 11) is -3.59. The minimum atomic E-state index is -3.59. The third-order valence-corrected chi connectivity index (χ3v) is 4.16. The van der Waals surface area contributed by atoms with E-state index in [1.54, 1.807) is 19.9 Å². The summed E-state index contributed by atoms with van der Waals surface area (Å²) >= 11 is 3.21. The van der Waals surface area contributed by atoms with Crippen LogP contribution >= 0.6 is 23.8 Å². The Bertz CT molecular complexity index is 453. The number of hydrogen-bond acceptors (Lipinski definition) is 5. The summed E-state index contributed by atoms with van der Waals surface area (Å²) in [6.07, 6.45) is 0.707. The minimum absolute atomic E-state index is 0.213. The highest BCUT2D eigenvalue weighted by atomic mass is 79.9. The third-order valence-electron chi connectivity index (χ3n) is 1.89. The van der Waals surface area contributed by atoms with Crippen LogP contribution in [0.15, 0.2) is 22.7 Å². The van der Waals surface area contributed by atoms with Gasteiger partial charge in [-0.15, -0.1) is 0 Å². The number of halogens is 1. The normalized spacial score (nSPS) is 11.3. The Morgan fingerprint density at radius 3 is 2.33 bits per heavy atom. The molecule has 1 rings (SSSR count). The van der Waals surface area contributed by atoms with Crippen LogP contribution in [0, 0.1) is 0 Å². The molecule has 18 heavy (non-hydrogen) atoms. The van der Waals surface area contributed by atoms with Gasteiger partial charge >= 0.3 is 7.82 Å². The van der Waals surface area contributed by atoms with Crippen molar-refractivity contribution >= 4 is 30.0 Å². The molecule has 7 heteroatoms. The Morgan fingerprint density at radius 1 is 1.28 bits per heavy atom. The minimum Gasteiger partial charge on any atom is -0.404 e. The van der Waals surface area contributed by atoms with E-state index in [2.05, 4.69) is 15.9 Å². The average molecular weight is 337 g/mol. The summed E-state index contributed by atoms with van der Waals surface area (Å²) in [5, 5.41) is 0. The first-order chi connectivity index (χ1) is 8.54. The molecule has 100 valence electrons. The first kappa shape index (κ1) is 15.4. The first-order valence-electron chi connectivity index (χ1n) is 5.38. The third kappa shape index (κ3) is 4.21. The lowest BCUT2D eigenvalue weighted by Crippen LogP contribution is -2.02. The van der Waals surface area contributed by atoms with Crippen molar-refractivity contribution in [1.82, 2.24) is 0 Å². The standard InChI is InChI=1S/C11H14BrO5P/c1-3-15-18(14,16-4-2)17-10-6-5-9(8-13)11(12)7-10/h5-8H,3-4H2,1-2H3. The highest BCUT2D eigenvalue weighted by Gasteiger charge is 2.27. The van der Waals surface area contributed by atoms with E-state index in [0.29, 0.717) is 22.1 Å². The van der Waals surface area contributed by atoms with Crippen molar-refractivity contribution in [3.63, 3.8) is 0 Å². The van der Waals surface area contributed by atoms with Crippen LogP contribution in [0.25, 0.3) is 0 Å². The van der Waals surface area contributed by atoms with E-state index < -0.39 is 7.82 Å². The summed E-state index contributed by atoms with van der Waals surface area (Å²) in [6, 6.07) is 4.61. The molecule has 0 aliphatic carbocycles. The Hall–Kier alpha value is -0.680. The van der Waals surface area contributed by atoms with Crippen LogP contribution in [0.3, 0.4) is 0 Å². The van der Waals surface area contributed by atoms with Gasteiger partial charge < -0.3 is 4.52 Å². The number of phosphoric ester groups is 1. The number of rotatable bonds is 7. The molecule has 0 aromatic heterocycles. The van der Waals surface area contributed by atoms with Crippen molar-refractivity contribution in [3.05, 3.63) is 28.2 Å². The molecule has 0 bridgehead atoms. The monoisotopic (exact) mass is 336 g/mol. The Labute approximate surface area is 114 Å². The van der Waals surface area contributed by atoms with Crippen molar-refractivity contribution in [2.75, 3.05) is 13.2 Å². The van der Waals surface area contributed by atoms with Crippen LogP contribution in [-0.4, -0.2) is 19.5 Å². The zero-order chi connectivity index (χ0) is 13.6. The second kappa shape index (κ2) is 7.04. The fourth-order valence-corrected chi connectivity index (χ4v) is 2.83. The van der Waals surface area contributed by atoms with Crippen molar-refractivity contribution in [2.45, 2.75) is 13.8 Å². The van der Waals surface area contributed by atoms with Crippen LogP contribution in [0.5, 0.6) is 5.75 Å². The van der Waals surface area contributed by atoms with E-state index in [4.69, 9.17) is 13.6 Å². The van der Waals surface area contributed by atoms with E-state index in [1.807, 2.05) is 0 Å². The summed E-state index contributed by atoms with van der Waals surface area (Å²) in [5.74, 6) is 0.303. The van der Waals surface area contributed by atoms with Gasteiger partial charge in [0, 0.05) is 10.0 Å². The second-order valence-corrected chi connectivity index (χ2v) is 5.62. The molecule has 1 aromatic carbocycles. The van der Waals surface area contributed by atoms with Gasteiger partial charge in [0.2, 0.25) is 0 Å². The average Bonchev–Trinajstić information content (AvgIpc) is 2.29. The number of carbonyl (C=O) groups excluding carboxylic acids is 1. The molecule has 5 nitrogen and oxygen atoms in total. The Kier molecular flexibility index (Phi) is 6.02. The number of aldehydes is 1. The van der Waals surface area contributed by atoms with Gasteiger partial charge in [0.25, 0.3) is 0 Å². The zero-order valence-electron chi connectivity index (χ0n) is 10.1. The summed E-state index contributed by atoms with van der Waals surface area (Å²) in [5.41, 5.74) is 0.477. The molecule has 1 aromatic rings. The predicted octanol–water partition coefficient (Wildman–Crippen LogP) is 3.82. The second-order valence-electron chi connectivity index (χ2n) is 3.18. The molecule has 0 N–H and O–H groups in total. The van der Waals surface area contributed by atoms with E-state index in [9.17, 15) is 9.36 Å². The summed E-state index contributed by atoms with van der Waals surface area (Å²) in [4.78, 5) is 10.7. The van der Waals surface area contributed by atoms with Gasteiger partial charge in [-0.3, -0.25) is 13.8 Å². The van der Waals surface area contributed by atoms with Crippen molar-refractivity contribution in [1.29, 1.82) is 0 Å². The van der Waals surface area contributed by atoms with Crippen molar-refractivity contribution in [2.24, 2.45) is 0 Å². The lowest BCUT2D eigenvalue weighted by atomic mass is 10.2. The fourth-order valence-electron chi connectivity index (χ4n) is 1.20. The van der Waals surface area contributed by atoms with Gasteiger partial charge in [0.05, 0.1) is 13.2 Å². The van der Waals surface area contributed by atoms with Crippen LogP contribution in [0.4, 0.5) is 0 Å². The van der Waals surface area contributed by atoms with Gasteiger partial charge in [-0.2, -0.15) is 0 Å². The molecule has 0 atom stereocenters. The number of carbonyl (C=O) groups is 1. The molecular formula is C11H14BrO5P. The number of phosphoric acid groups is 1. The van der Waals surface area contributed by atoms with Gasteiger partial charge in [-0.05, 0) is 48.0 Å². The molecule has 0 fully saturated rings. The Morgan fingerprint density at radius 2 is 1.89 bits per heavy atom. The lowest BCUT2D eigenvalue weighted by molar-refractivity contribution is 0.112. The van der Waals surface area contributed by atoms with Gasteiger partial charge in [-0.25, -0.2) is 4.57 Å². The van der Waals surface area contributed by atoms with Crippen LogP contribution in [0.1, 0.15) is 24.2 Å². The van der Waals surface area contributed by atoms with E-state index in [0.717, 1.165) is 0 Å². The number of benzene rings is 1. The van der Waals surface area contributed by atoms with Gasteiger partial charge in [-0.1, -0.05) is 0 Å². The molecule has 0 unspecified atom stereocenters. The largest absolute Gasteiger partial charge is 0.530 e. The van der Waals surface area contributed by atoms with Crippen molar-refractivity contribution < 1.29 is 22.9 Å². The molecule has 0 aliphatic rings. The first-order valence-corrected chi connectivity index (χ1v) is 7.63. The van der Waals surface area contributed by atoms with Crippen molar-refractivity contribution in [3.8, 4) is 5.75 Å². The summed E-state index contributed by atoms with van der Waals surface area (Å²) < 4.78 is 27.9. The highest BCUT2D eigenvalue weighted by molar-refractivity contribution is 9.10. The maximum absolute atomic E-state index is 12.1. The van der Waals surface area contributed by atoms with Gasteiger partial charge in [0.1, 0.15) is 5.75 Å². The SMILES string of the molecule is CCOP(=O)(OCC)Oc1ccc(C=O)c(Br)c1. The maximum Gasteiger partial charge on any atom is 0.530 e. The van der Waals surface area contributed by atoms with E-state index >= 15 is 0 Å². The quantitative estimate of drug-likeness (QED) is 0.559. The molecule has 0 spiro atoms. The van der Waals surface area contributed by atoms with Crippen LogP contribution < -0.4 is 4.52 Å². The molecule has 0 radical (unpaired) electrons. The van der Waals surface area contributed by atoms with E-state index in [-0.39, 0.29) is 13.2 Å². The smallest absolute Gasteiger partial charge is 0.404 e. The fraction of sp³-hybridized carbons (Fsp3) is 0.364. The van der Waals surface area contributed by atoms with Crippen LogP contribution in [0.2, 0.25) is 0 Å². The van der Waals surface area contributed by atoms with Crippen LogP contribution in [-0.2, 0) is 13.6 Å². The van der Waals surface area contributed by atoms with Gasteiger partial charge in [0.15, 0.2) is 6.29 Å².